The van der Waals surface area contributed by atoms with E-state index in [0.717, 1.165) is 12.0 Å². The van der Waals surface area contributed by atoms with Gasteiger partial charge in [0.25, 0.3) is 5.69 Å². The standard InChI is InChI=1S/C13H16N4O3/c1-16-9-10(8-15-16)4-5-20-13-3-2-12(17(18)19)6-11(13)7-14/h2-3,6,8-9H,4-5,7,14H2,1H3. The molecule has 2 rings (SSSR count). The van der Waals surface area contributed by atoms with Crippen LogP contribution in [0.3, 0.4) is 0 Å². The number of hydrogen-bond acceptors (Lipinski definition) is 5. The summed E-state index contributed by atoms with van der Waals surface area (Å²) < 4.78 is 7.37. The van der Waals surface area contributed by atoms with Gasteiger partial charge < -0.3 is 10.5 Å². The van der Waals surface area contributed by atoms with E-state index >= 15 is 0 Å². The van der Waals surface area contributed by atoms with Crippen LogP contribution in [0.2, 0.25) is 0 Å². The molecule has 2 N–H and O–H groups in total. The molecule has 1 aromatic heterocycles. The minimum atomic E-state index is -0.446. The van der Waals surface area contributed by atoms with E-state index in [4.69, 9.17) is 10.5 Å². The number of nitro groups is 1. The van der Waals surface area contributed by atoms with Crippen molar-refractivity contribution in [2.45, 2.75) is 13.0 Å². The van der Waals surface area contributed by atoms with Crippen molar-refractivity contribution < 1.29 is 9.66 Å². The fourth-order valence-corrected chi connectivity index (χ4v) is 1.86. The van der Waals surface area contributed by atoms with Gasteiger partial charge in [0.05, 0.1) is 17.7 Å². The van der Waals surface area contributed by atoms with Gasteiger partial charge in [-0.05, 0) is 11.6 Å². The number of ether oxygens (including phenoxy) is 1. The Morgan fingerprint density at radius 2 is 2.30 bits per heavy atom. The van der Waals surface area contributed by atoms with Gasteiger partial charge in [-0.1, -0.05) is 0 Å². The highest BCUT2D eigenvalue weighted by molar-refractivity contribution is 5.43. The number of nitrogens with two attached hydrogens (primary N) is 1. The van der Waals surface area contributed by atoms with Gasteiger partial charge in [0.15, 0.2) is 0 Å². The largest absolute Gasteiger partial charge is 0.493 e. The van der Waals surface area contributed by atoms with E-state index in [-0.39, 0.29) is 12.2 Å². The lowest BCUT2D eigenvalue weighted by atomic mass is 10.2. The minimum Gasteiger partial charge on any atom is -0.493 e. The third-order valence-corrected chi connectivity index (χ3v) is 2.88. The van der Waals surface area contributed by atoms with Crippen molar-refractivity contribution in [1.29, 1.82) is 0 Å². The third kappa shape index (κ3) is 3.33. The molecule has 0 aliphatic heterocycles. The molecule has 106 valence electrons. The zero-order chi connectivity index (χ0) is 14.5. The first-order chi connectivity index (χ1) is 9.60. The summed E-state index contributed by atoms with van der Waals surface area (Å²) in [6.45, 7) is 0.667. The number of aromatic nitrogens is 2. The molecule has 0 aliphatic rings. The number of nitro benzene ring substituents is 1. The molecule has 7 heteroatoms. The molecule has 20 heavy (non-hydrogen) atoms. The number of benzene rings is 1. The molecular weight excluding hydrogens is 260 g/mol. The average Bonchev–Trinajstić information content (AvgIpc) is 2.84. The summed E-state index contributed by atoms with van der Waals surface area (Å²) in [4.78, 5) is 10.3. The maximum Gasteiger partial charge on any atom is 0.270 e. The minimum absolute atomic E-state index is 0.0186. The molecule has 0 atom stereocenters. The Balaban J connectivity index is 2.00. The predicted molar refractivity (Wildman–Crippen MR) is 73.4 cm³/mol. The van der Waals surface area contributed by atoms with Gasteiger partial charge in [-0.25, -0.2) is 0 Å². The Morgan fingerprint density at radius 3 is 2.90 bits per heavy atom. The zero-order valence-electron chi connectivity index (χ0n) is 11.2. The van der Waals surface area contributed by atoms with Crippen LogP contribution in [0, 0.1) is 10.1 Å². The van der Waals surface area contributed by atoms with E-state index in [1.807, 2.05) is 13.2 Å². The lowest BCUT2D eigenvalue weighted by Gasteiger charge is -2.09. The van der Waals surface area contributed by atoms with Gasteiger partial charge in [0.2, 0.25) is 0 Å². The number of aryl methyl sites for hydroxylation is 1. The normalized spacial score (nSPS) is 10.5. The second kappa shape index (κ2) is 6.16. The van der Waals surface area contributed by atoms with Gasteiger partial charge >= 0.3 is 0 Å². The first-order valence-corrected chi connectivity index (χ1v) is 6.18. The van der Waals surface area contributed by atoms with Crippen LogP contribution < -0.4 is 10.5 Å². The average molecular weight is 276 g/mol. The number of non-ortho nitro benzene ring substituents is 1. The SMILES string of the molecule is Cn1cc(CCOc2ccc([N+](=O)[O-])cc2CN)cn1. The monoisotopic (exact) mass is 276 g/mol. The maximum absolute atomic E-state index is 10.7. The van der Waals surface area contributed by atoms with Crippen molar-refractivity contribution in [2.24, 2.45) is 12.8 Å². The van der Waals surface area contributed by atoms with Crippen molar-refractivity contribution in [2.75, 3.05) is 6.61 Å². The van der Waals surface area contributed by atoms with Crippen molar-refractivity contribution in [3.05, 3.63) is 51.8 Å². The Morgan fingerprint density at radius 1 is 1.50 bits per heavy atom. The molecule has 1 aromatic carbocycles. The van der Waals surface area contributed by atoms with Crippen LogP contribution in [0.1, 0.15) is 11.1 Å². The van der Waals surface area contributed by atoms with Crippen LogP contribution in [0.15, 0.2) is 30.6 Å². The van der Waals surface area contributed by atoms with Crippen LogP contribution in [0.25, 0.3) is 0 Å². The lowest BCUT2D eigenvalue weighted by molar-refractivity contribution is -0.384. The van der Waals surface area contributed by atoms with E-state index in [2.05, 4.69) is 5.10 Å². The summed E-state index contributed by atoms with van der Waals surface area (Å²) in [5.41, 5.74) is 7.31. The van der Waals surface area contributed by atoms with Crippen molar-refractivity contribution in [1.82, 2.24) is 9.78 Å². The van der Waals surface area contributed by atoms with Gasteiger partial charge in [0.1, 0.15) is 5.75 Å². The molecule has 0 fully saturated rings. The molecule has 0 radical (unpaired) electrons. The fourth-order valence-electron chi connectivity index (χ4n) is 1.86. The van der Waals surface area contributed by atoms with Crippen LogP contribution >= 0.6 is 0 Å². The molecular formula is C13H16N4O3. The van der Waals surface area contributed by atoms with Crippen LogP contribution in [-0.4, -0.2) is 21.3 Å². The highest BCUT2D eigenvalue weighted by Gasteiger charge is 2.10. The molecule has 0 unspecified atom stereocenters. The summed E-state index contributed by atoms with van der Waals surface area (Å²) in [5.74, 6) is 0.585. The Labute approximate surface area is 116 Å². The number of rotatable bonds is 6. The highest BCUT2D eigenvalue weighted by Crippen LogP contribution is 2.23. The fraction of sp³-hybridized carbons (Fsp3) is 0.308. The van der Waals surface area contributed by atoms with E-state index in [1.54, 1.807) is 16.9 Å². The highest BCUT2D eigenvalue weighted by atomic mass is 16.6. The van der Waals surface area contributed by atoms with E-state index in [9.17, 15) is 10.1 Å². The number of nitrogens with zero attached hydrogens (tertiary/aromatic N) is 3. The quantitative estimate of drug-likeness (QED) is 0.635. The molecule has 0 aliphatic carbocycles. The van der Waals surface area contributed by atoms with Crippen LogP contribution in [-0.2, 0) is 20.0 Å². The Bertz CT molecular complexity index is 609. The molecule has 0 amide bonds. The molecule has 0 saturated carbocycles. The van der Waals surface area contributed by atoms with Gasteiger partial charge in [0, 0.05) is 43.9 Å². The van der Waals surface area contributed by atoms with Crippen LogP contribution in [0.5, 0.6) is 5.75 Å². The van der Waals surface area contributed by atoms with Crippen LogP contribution in [0.4, 0.5) is 5.69 Å². The van der Waals surface area contributed by atoms with E-state index in [0.29, 0.717) is 17.9 Å². The van der Waals surface area contributed by atoms with Crippen molar-refractivity contribution >= 4 is 5.69 Å². The number of hydrogen-bond donors (Lipinski definition) is 1. The maximum atomic E-state index is 10.7. The van der Waals surface area contributed by atoms with Crippen molar-refractivity contribution in [3.63, 3.8) is 0 Å². The smallest absolute Gasteiger partial charge is 0.270 e. The Kier molecular flexibility index (Phi) is 4.31. The van der Waals surface area contributed by atoms with Gasteiger partial charge in [-0.3, -0.25) is 14.8 Å². The predicted octanol–water partition coefficient (Wildman–Crippen LogP) is 1.41. The second-order valence-electron chi connectivity index (χ2n) is 4.37. The first kappa shape index (κ1) is 14.0. The summed E-state index contributed by atoms with van der Waals surface area (Å²) in [6, 6.07) is 4.45. The molecule has 0 saturated heterocycles. The first-order valence-electron chi connectivity index (χ1n) is 6.18. The summed E-state index contributed by atoms with van der Waals surface area (Å²) in [7, 11) is 1.85. The third-order valence-electron chi connectivity index (χ3n) is 2.88. The second-order valence-corrected chi connectivity index (χ2v) is 4.37. The summed E-state index contributed by atoms with van der Waals surface area (Å²) >= 11 is 0. The Hall–Kier alpha value is -2.41. The summed E-state index contributed by atoms with van der Waals surface area (Å²) in [5, 5.41) is 14.8. The zero-order valence-corrected chi connectivity index (χ0v) is 11.2. The van der Waals surface area contributed by atoms with Crippen molar-refractivity contribution in [3.8, 4) is 5.75 Å². The van der Waals surface area contributed by atoms with Gasteiger partial charge in [-0.2, -0.15) is 5.10 Å². The molecule has 0 spiro atoms. The molecule has 0 bridgehead atoms. The van der Waals surface area contributed by atoms with Gasteiger partial charge in [-0.15, -0.1) is 0 Å². The topological polar surface area (TPSA) is 96.2 Å². The molecule has 2 aromatic rings. The summed E-state index contributed by atoms with van der Waals surface area (Å²) in [6.07, 6.45) is 4.42. The lowest BCUT2D eigenvalue weighted by Crippen LogP contribution is -2.06. The molecule has 1 heterocycles. The van der Waals surface area contributed by atoms with E-state index < -0.39 is 4.92 Å². The molecule has 7 nitrogen and oxygen atoms in total. The van der Waals surface area contributed by atoms with E-state index in [1.165, 1.54) is 12.1 Å².